The van der Waals surface area contributed by atoms with Crippen molar-refractivity contribution in [2.75, 3.05) is 38.0 Å². The van der Waals surface area contributed by atoms with Crippen LogP contribution in [0.2, 0.25) is 0 Å². The van der Waals surface area contributed by atoms with Crippen molar-refractivity contribution < 1.29 is 22.4 Å². The lowest BCUT2D eigenvalue weighted by Crippen LogP contribution is -2.53. The quantitative estimate of drug-likeness (QED) is 0.535. The summed E-state index contributed by atoms with van der Waals surface area (Å²) >= 11 is 0. The monoisotopic (exact) mass is 478 g/mol. The van der Waals surface area contributed by atoms with Crippen molar-refractivity contribution >= 4 is 27.7 Å². The second kappa shape index (κ2) is 11.8. The van der Waals surface area contributed by atoms with Crippen LogP contribution in [-0.4, -0.2) is 69.2 Å². The Hall–Kier alpha value is -2.98. The molecule has 8 nitrogen and oxygen atoms in total. The smallest absolute Gasteiger partial charge is 0.304 e. The van der Waals surface area contributed by atoms with Crippen molar-refractivity contribution in [1.82, 2.24) is 14.5 Å². The molecular formula is C23H31FN4O4S. The summed E-state index contributed by atoms with van der Waals surface area (Å²) in [6.45, 7) is 3.48. The van der Waals surface area contributed by atoms with Crippen molar-refractivity contribution in [3.8, 4) is 0 Å². The standard InChI is InChI=1S/C23H31FN4O4S/c1-5-25-23(30)18(2)27(16-15-19-9-7-6-8-10-19)22(29)17-28(33(31,32)26(3)4)21-13-11-20(24)12-14-21/h6-14,18H,5,15-17H2,1-4H3,(H,25,30). The number of nitrogens with zero attached hydrogens (tertiary/aromatic N) is 3. The van der Waals surface area contributed by atoms with Crippen LogP contribution in [0.5, 0.6) is 0 Å². The Balaban J connectivity index is 2.35. The lowest BCUT2D eigenvalue weighted by atomic mass is 10.1. The van der Waals surface area contributed by atoms with Gasteiger partial charge in [-0.2, -0.15) is 12.7 Å². The summed E-state index contributed by atoms with van der Waals surface area (Å²) < 4.78 is 41.3. The molecule has 0 aliphatic carbocycles. The maximum Gasteiger partial charge on any atom is 0.304 e. The van der Waals surface area contributed by atoms with Crippen molar-refractivity contribution in [3.63, 3.8) is 0 Å². The highest BCUT2D eigenvalue weighted by Gasteiger charge is 2.32. The van der Waals surface area contributed by atoms with Gasteiger partial charge in [0.2, 0.25) is 11.8 Å². The van der Waals surface area contributed by atoms with E-state index in [0.717, 1.165) is 26.3 Å². The Bertz CT molecular complexity index is 1030. The number of carbonyl (C=O) groups excluding carboxylic acids is 2. The molecule has 2 amide bonds. The van der Waals surface area contributed by atoms with Crippen LogP contribution >= 0.6 is 0 Å². The zero-order valence-corrected chi connectivity index (χ0v) is 20.2. The third-order valence-corrected chi connectivity index (χ3v) is 6.96. The number of amides is 2. The number of benzene rings is 2. The van der Waals surface area contributed by atoms with E-state index in [1.807, 2.05) is 30.3 Å². The summed E-state index contributed by atoms with van der Waals surface area (Å²) in [5.41, 5.74) is 1.13. The molecule has 180 valence electrons. The third-order valence-electron chi connectivity index (χ3n) is 5.14. The van der Waals surface area contributed by atoms with Gasteiger partial charge in [-0.15, -0.1) is 0 Å². The highest BCUT2D eigenvalue weighted by molar-refractivity contribution is 7.90. The van der Waals surface area contributed by atoms with E-state index in [1.54, 1.807) is 13.8 Å². The van der Waals surface area contributed by atoms with Gasteiger partial charge < -0.3 is 10.2 Å². The second-order valence-corrected chi connectivity index (χ2v) is 9.73. The highest BCUT2D eigenvalue weighted by atomic mass is 32.2. The van der Waals surface area contributed by atoms with Gasteiger partial charge >= 0.3 is 10.2 Å². The van der Waals surface area contributed by atoms with E-state index in [1.165, 1.54) is 31.1 Å². The number of anilines is 1. The largest absolute Gasteiger partial charge is 0.355 e. The molecule has 0 aromatic heterocycles. The number of carbonyl (C=O) groups is 2. The topological polar surface area (TPSA) is 90.0 Å². The van der Waals surface area contributed by atoms with Gasteiger partial charge in [-0.3, -0.25) is 9.59 Å². The average molecular weight is 479 g/mol. The number of rotatable bonds is 11. The second-order valence-electron chi connectivity index (χ2n) is 7.67. The summed E-state index contributed by atoms with van der Waals surface area (Å²) in [5, 5.41) is 2.70. The Morgan fingerprint density at radius 3 is 2.18 bits per heavy atom. The van der Waals surface area contributed by atoms with Gasteiger partial charge in [0.05, 0.1) is 5.69 Å². The van der Waals surface area contributed by atoms with Crippen LogP contribution in [0, 0.1) is 5.82 Å². The van der Waals surface area contributed by atoms with Crippen LogP contribution in [0.1, 0.15) is 19.4 Å². The first-order chi connectivity index (χ1) is 15.6. The molecule has 1 unspecified atom stereocenters. The highest BCUT2D eigenvalue weighted by Crippen LogP contribution is 2.21. The molecule has 0 aliphatic rings. The van der Waals surface area contributed by atoms with Gasteiger partial charge in [0.15, 0.2) is 0 Å². The van der Waals surface area contributed by atoms with Gasteiger partial charge in [0.1, 0.15) is 18.4 Å². The molecule has 2 aromatic carbocycles. The maximum atomic E-state index is 13.4. The molecule has 0 bridgehead atoms. The van der Waals surface area contributed by atoms with E-state index in [-0.39, 0.29) is 18.1 Å². The van der Waals surface area contributed by atoms with Crippen molar-refractivity contribution in [1.29, 1.82) is 0 Å². The predicted octanol–water partition coefficient (Wildman–Crippen LogP) is 2.03. The SMILES string of the molecule is CCNC(=O)C(C)N(CCc1ccccc1)C(=O)CN(c1ccc(F)cc1)S(=O)(=O)N(C)C. The third kappa shape index (κ3) is 7.00. The summed E-state index contributed by atoms with van der Waals surface area (Å²) in [5.74, 6) is -1.40. The Morgan fingerprint density at radius 2 is 1.64 bits per heavy atom. The summed E-state index contributed by atoms with van der Waals surface area (Å²) in [6, 6.07) is 13.5. The molecule has 0 spiro atoms. The van der Waals surface area contributed by atoms with Gasteiger partial charge in [0, 0.05) is 27.2 Å². The molecule has 0 heterocycles. The molecule has 0 saturated carbocycles. The Labute approximate surface area is 195 Å². The Kier molecular flexibility index (Phi) is 9.36. The van der Waals surface area contributed by atoms with Crippen LogP contribution < -0.4 is 9.62 Å². The molecule has 0 fully saturated rings. The maximum absolute atomic E-state index is 13.4. The van der Waals surface area contributed by atoms with E-state index < -0.39 is 34.5 Å². The molecule has 0 saturated heterocycles. The van der Waals surface area contributed by atoms with Crippen LogP contribution in [0.15, 0.2) is 54.6 Å². The van der Waals surface area contributed by atoms with Crippen LogP contribution in [-0.2, 0) is 26.2 Å². The number of halogens is 1. The van der Waals surface area contributed by atoms with Crippen molar-refractivity contribution in [3.05, 3.63) is 66.0 Å². The van der Waals surface area contributed by atoms with Crippen LogP contribution in [0.25, 0.3) is 0 Å². The van der Waals surface area contributed by atoms with Crippen LogP contribution in [0.3, 0.4) is 0 Å². The molecular weight excluding hydrogens is 447 g/mol. The van der Waals surface area contributed by atoms with E-state index >= 15 is 0 Å². The van der Waals surface area contributed by atoms with Gasteiger partial charge in [-0.25, -0.2) is 8.70 Å². The summed E-state index contributed by atoms with van der Waals surface area (Å²) in [6.07, 6.45) is 0.493. The van der Waals surface area contributed by atoms with Gasteiger partial charge in [-0.05, 0) is 50.1 Å². The van der Waals surface area contributed by atoms with E-state index in [9.17, 15) is 22.4 Å². The fourth-order valence-corrected chi connectivity index (χ4v) is 4.27. The lowest BCUT2D eigenvalue weighted by molar-refractivity contribution is -0.138. The normalized spacial score (nSPS) is 12.3. The molecule has 2 aromatic rings. The van der Waals surface area contributed by atoms with E-state index in [2.05, 4.69) is 5.32 Å². The fraction of sp³-hybridized carbons (Fsp3) is 0.391. The molecule has 10 heteroatoms. The fourth-order valence-electron chi connectivity index (χ4n) is 3.22. The first kappa shape index (κ1) is 26.3. The van der Waals surface area contributed by atoms with Crippen LogP contribution in [0.4, 0.5) is 10.1 Å². The van der Waals surface area contributed by atoms with Gasteiger partial charge in [0.25, 0.3) is 0 Å². The number of hydrogen-bond donors (Lipinski definition) is 1. The molecule has 2 rings (SSSR count). The summed E-state index contributed by atoms with van der Waals surface area (Å²) in [7, 11) is -1.36. The summed E-state index contributed by atoms with van der Waals surface area (Å²) in [4.78, 5) is 27.3. The molecule has 0 aliphatic heterocycles. The number of likely N-dealkylation sites (N-methyl/N-ethyl adjacent to an activating group) is 1. The zero-order valence-electron chi connectivity index (χ0n) is 19.4. The molecule has 1 N–H and O–H groups in total. The molecule has 33 heavy (non-hydrogen) atoms. The average Bonchev–Trinajstić information content (AvgIpc) is 2.78. The number of hydrogen-bond acceptors (Lipinski definition) is 4. The minimum Gasteiger partial charge on any atom is -0.355 e. The zero-order chi connectivity index (χ0) is 24.6. The molecule has 0 radical (unpaired) electrons. The first-order valence-corrected chi connectivity index (χ1v) is 12.0. The number of nitrogens with one attached hydrogen (secondary N) is 1. The van der Waals surface area contributed by atoms with Gasteiger partial charge in [-0.1, -0.05) is 30.3 Å². The van der Waals surface area contributed by atoms with E-state index in [0.29, 0.717) is 13.0 Å². The predicted molar refractivity (Wildman–Crippen MR) is 126 cm³/mol. The minimum absolute atomic E-state index is 0.145. The Morgan fingerprint density at radius 1 is 1.03 bits per heavy atom. The molecule has 1 atom stereocenters. The minimum atomic E-state index is -4.06. The lowest BCUT2D eigenvalue weighted by Gasteiger charge is -2.32. The van der Waals surface area contributed by atoms with E-state index in [4.69, 9.17) is 0 Å². The van der Waals surface area contributed by atoms with Crippen molar-refractivity contribution in [2.24, 2.45) is 0 Å². The van der Waals surface area contributed by atoms with Crippen molar-refractivity contribution in [2.45, 2.75) is 26.3 Å². The first-order valence-electron chi connectivity index (χ1n) is 10.6.